The van der Waals surface area contributed by atoms with Crippen molar-refractivity contribution in [2.45, 2.75) is 19.3 Å². The summed E-state index contributed by atoms with van der Waals surface area (Å²) < 4.78 is 1.35. The van der Waals surface area contributed by atoms with Crippen molar-refractivity contribution < 1.29 is 0 Å². The van der Waals surface area contributed by atoms with Gasteiger partial charge in [-0.15, -0.1) is 0 Å². The summed E-state index contributed by atoms with van der Waals surface area (Å²) in [5.41, 5.74) is 3.06. The van der Waals surface area contributed by atoms with E-state index >= 15 is 0 Å². The smallest absolute Gasteiger partial charge is 0.0133 e. The molecule has 70 valence electrons. The van der Waals surface area contributed by atoms with E-state index in [4.69, 9.17) is 0 Å². The monoisotopic (exact) mass is 287 g/mol. The van der Waals surface area contributed by atoms with Gasteiger partial charge in [0.05, 0.1) is 0 Å². The molecule has 1 aliphatic rings. The van der Waals surface area contributed by atoms with Gasteiger partial charge in [-0.3, -0.25) is 0 Å². The Morgan fingerprint density at radius 1 is 1.46 bits per heavy atom. The van der Waals surface area contributed by atoms with Crippen molar-refractivity contribution in [2.75, 3.05) is 13.1 Å². The maximum Gasteiger partial charge on any atom is 0.0133 e. The van der Waals surface area contributed by atoms with E-state index in [-0.39, 0.29) is 0 Å². The molecule has 13 heavy (non-hydrogen) atoms. The van der Waals surface area contributed by atoms with Gasteiger partial charge in [0.1, 0.15) is 0 Å². The minimum Gasteiger partial charge on any atom is -0.316 e. The van der Waals surface area contributed by atoms with Crippen molar-refractivity contribution in [3.63, 3.8) is 0 Å². The van der Waals surface area contributed by atoms with Gasteiger partial charge in [-0.1, -0.05) is 13.0 Å². The summed E-state index contributed by atoms with van der Waals surface area (Å²) in [5.74, 6) is 0.659. The zero-order valence-electron chi connectivity index (χ0n) is 7.81. The molecule has 1 heterocycles. The molecule has 1 N–H and O–H groups in total. The summed E-state index contributed by atoms with van der Waals surface area (Å²) in [4.78, 5) is 0. The summed E-state index contributed by atoms with van der Waals surface area (Å²) >= 11 is 2.39. The van der Waals surface area contributed by atoms with Gasteiger partial charge < -0.3 is 5.32 Å². The van der Waals surface area contributed by atoms with E-state index in [1.54, 1.807) is 0 Å². The standard InChI is InChI=1S/C11H14IN/c1-8-7-13-5-4-9-2-3-10(12)6-11(8)9/h2-3,6,8,13H,4-5,7H2,1H3/t8-/m1/s1. The first kappa shape index (κ1) is 9.46. The molecule has 1 aromatic carbocycles. The van der Waals surface area contributed by atoms with Crippen LogP contribution in [-0.2, 0) is 6.42 Å². The Morgan fingerprint density at radius 3 is 3.15 bits per heavy atom. The lowest BCUT2D eigenvalue weighted by Gasteiger charge is -2.12. The van der Waals surface area contributed by atoms with Crippen molar-refractivity contribution in [3.05, 3.63) is 32.9 Å². The molecule has 1 aliphatic heterocycles. The maximum absolute atomic E-state index is 3.46. The molecule has 0 aromatic heterocycles. The Bertz CT molecular complexity index is 309. The van der Waals surface area contributed by atoms with E-state index in [9.17, 15) is 0 Å². The Morgan fingerprint density at radius 2 is 2.31 bits per heavy atom. The second-order valence-electron chi connectivity index (χ2n) is 3.70. The Labute approximate surface area is 93.1 Å². The number of hydrogen-bond acceptors (Lipinski definition) is 1. The molecule has 0 saturated heterocycles. The highest BCUT2D eigenvalue weighted by atomic mass is 127. The Balaban J connectivity index is 2.43. The summed E-state index contributed by atoms with van der Waals surface area (Å²) in [6.07, 6.45) is 1.18. The molecule has 0 amide bonds. The predicted octanol–water partition coefficient (Wildman–Crippen LogP) is 2.54. The van der Waals surface area contributed by atoms with Gasteiger partial charge >= 0.3 is 0 Å². The van der Waals surface area contributed by atoms with Crippen LogP contribution in [0.5, 0.6) is 0 Å². The molecule has 0 bridgehead atoms. The molecule has 0 spiro atoms. The van der Waals surface area contributed by atoms with Crippen LogP contribution >= 0.6 is 22.6 Å². The largest absolute Gasteiger partial charge is 0.316 e. The fourth-order valence-corrected chi connectivity index (χ4v) is 2.42. The summed E-state index contributed by atoms with van der Waals surface area (Å²) in [5, 5.41) is 3.46. The Hall–Kier alpha value is -0.0900. The van der Waals surface area contributed by atoms with Crippen molar-refractivity contribution in [1.82, 2.24) is 5.32 Å². The van der Waals surface area contributed by atoms with Gasteiger partial charge in [0.15, 0.2) is 0 Å². The fraction of sp³-hybridized carbons (Fsp3) is 0.455. The third kappa shape index (κ3) is 2.05. The van der Waals surface area contributed by atoms with Gasteiger partial charge in [-0.05, 0) is 64.7 Å². The van der Waals surface area contributed by atoms with Crippen molar-refractivity contribution in [1.29, 1.82) is 0 Å². The number of rotatable bonds is 0. The first-order valence-electron chi connectivity index (χ1n) is 4.76. The lowest BCUT2D eigenvalue weighted by Crippen LogP contribution is -2.18. The van der Waals surface area contributed by atoms with E-state index in [1.807, 2.05) is 0 Å². The van der Waals surface area contributed by atoms with Crippen LogP contribution in [0.4, 0.5) is 0 Å². The van der Waals surface area contributed by atoms with Gasteiger partial charge in [0, 0.05) is 10.1 Å². The van der Waals surface area contributed by atoms with Crippen molar-refractivity contribution in [3.8, 4) is 0 Å². The topological polar surface area (TPSA) is 12.0 Å². The average molecular weight is 287 g/mol. The molecule has 0 aliphatic carbocycles. The second-order valence-corrected chi connectivity index (χ2v) is 4.94. The minimum absolute atomic E-state index is 0.659. The second kappa shape index (κ2) is 3.96. The van der Waals surface area contributed by atoms with Crippen LogP contribution < -0.4 is 5.32 Å². The number of halogens is 1. The van der Waals surface area contributed by atoms with Gasteiger partial charge in [0.25, 0.3) is 0 Å². The molecular formula is C11H14IN. The molecule has 1 nitrogen and oxygen atoms in total. The first-order chi connectivity index (χ1) is 6.27. The summed E-state index contributed by atoms with van der Waals surface area (Å²) in [6, 6.07) is 6.81. The molecule has 0 fully saturated rings. The van der Waals surface area contributed by atoms with Gasteiger partial charge in [0.2, 0.25) is 0 Å². The molecule has 0 unspecified atom stereocenters. The minimum atomic E-state index is 0.659. The summed E-state index contributed by atoms with van der Waals surface area (Å²) in [6.45, 7) is 4.54. The van der Waals surface area contributed by atoms with Crippen LogP contribution in [0.3, 0.4) is 0 Å². The molecule has 1 atom stereocenters. The van der Waals surface area contributed by atoms with Crippen LogP contribution in [0.25, 0.3) is 0 Å². The third-order valence-electron chi connectivity index (χ3n) is 2.66. The Kier molecular flexibility index (Phi) is 2.89. The molecule has 2 rings (SSSR count). The molecule has 0 radical (unpaired) electrons. The lowest BCUT2D eigenvalue weighted by atomic mass is 9.96. The highest BCUT2D eigenvalue weighted by Gasteiger charge is 2.13. The lowest BCUT2D eigenvalue weighted by molar-refractivity contribution is 0.644. The molecular weight excluding hydrogens is 273 g/mol. The SMILES string of the molecule is C[C@@H]1CNCCc2ccc(I)cc21. The van der Waals surface area contributed by atoms with Crippen LogP contribution in [-0.4, -0.2) is 13.1 Å². The normalized spacial score (nSPS) is 22.2. The summed E-state index contributed by atoms with van der Waals surface area (Å²) in [7, 11) is 0. The van der Waals surface area contributed by atoms with Crippen molar-refractivity contribution in [2.24, 2.45) is 0 Å². The van der Waals surface area contributed by atoms with Gasteiger partial charge in [-0.25, -0.2) is 0 Å². The van der Waals surface area contributed by atoms with Crippen LogP contribution in [0.2, 0.25) is 0 Å². The number of nitrogens with one attached hydrogen (secondary N) is 1. The van der Waals surface area contributed by atoms with E-state index in [0.717, 1.165) is 13.1 Å². The van der Waals surface area contributed by atoms with E-state index in [0.29, 0.717) is 5.92 Å². The number of fused-ring (bicyclic) bond motifs is 1. The third-order valence-corrected chi connectivity index (χ3v) is 3.33. The highest BCUT2D eigenvalue weighted by Crippen LogP contribution is 2.24. The fourth-order valence-electron chi connectivity index (χ4n) is 1.90. The van der Waals surface area contributed by atoms with E-state index < -0.39 is 0 Å². The van der Waals surface area contributed by atoms with E-state index in [2.05, 4.69) is 53.0 Å². The molecule has 1 aromatic rings. The molecule has 2 heteroatoms. The average Bonchev–Trinajstić information content (AvgIpc) is 2.29. The van der Waals surface area contributed by atoms with Crippen LogP contribution in [0.1, 0.15) is 24.0 Å². The zero-order chi connectivity index (χ0) is 9.26. The quantitative estimate of drug-likeness (QED) is 0.723. The van der Waals surface area contributed by atoms with Crippen LogP contribution in [0.15, 0.2) is 18.2 Å². The number of benzene rings is 1. The van der Waals surface area contributed by atoms with Crippen molar-refractivity contribution >= 4 is 22.6 Å². The zero-order valence-corrected chi connectivity index (χ0v) is 9.97. The van der Waals surface area contributed by atoms with Gasteiger partial charge in [-0.2, -0.15) is 0 Å². The highest BCUT2D eigenvalue weighted by molar-refractivity contribution is 14.1. The number of hydrogen-bond donors (Lipinski definition) is 1. The maximum atomic E-state index is 3.46. The first-order valence-corrected chi connectivity index (χ1v) is 5.84. The van der Waals surface area contributed by atoms with E-state index in [1.165, 1.54) is 21.1 Å². The predicted molar refractivity (Wildman–Crippen MR) is 64.1 cm³/mol. The molecule has 0 saturated carbocycles. The van der Waals surface area contributed by atoms with Crippen LogP contribution in [0, 0.1) is 3.57 Å².